The van der Waals surface area contributed by atoms with Crippen molar-refractivity contribution in [3.8, 4) is 17.2 Å². The number of nitrogens with two attached hydrogens (primary N) is 1. The van der Waals surface area contributed by atoms with Crippen molar-refractivity contribution < 1.29 is 18.6 Å². The first-order valence-electron chi connectivity index (χ1n) is 9.61. The maximum Gasteiger partial charge on any atom is 0.160 e. The molecule has 0 saturated carbocycles. The fourth-order valence-corrected chi connectivity index (χ4v) is 4.04. The normalized spacial score (nSPS) is 14.9. The topological polar surface area (TPSA) is 53.7 Å². The van der Waals surface area contributed by atoms with Gasteiger partial charge in [0.15, 0.2) is 11.5 Å². The predicted molar refractivity (Wildman–Crippen MR) is 111 cm³/mol. The van der Waals surface area contributed by atoms with Crippen molar-refractivity contribution in [3.05, 3.63) is 82.7 Å². The fourth-order valence-electron chi connectivity index (χ4n) is 4.04. The lowest BCUT2D eigenvalue weighted by molar-refractivity contribution is 0.306. The number of hydrogen-bond acceptors (Lipinski definition) is 4. The number of halogens is 1. The van der Waals surface area contributed by atoms with Crippen LogP contribution in [0.4, 0.5) is 10.1 Å². The van der Waals surface area contributed by atoms with E-state index in [9.17, 15) is 4.39 Å². The average molecular weight is 393 g/mol. The number of ether oxygens (including phenoxy) is 3. The van der Waals surface area contributed by atoms with E-state index in [0.717, 1.165) is 35.1 Å². The summed E-state index contributed by atoms with van der Waals surface area (Å²) in [6.07, 6.45) is 1.53. The van der Waals surface area contributed by atoms with Crippen molar-refractivity contribution in [2.75, 3.05) is 20.0 Å². The van der Waals surface area contributed by atoms with Gasteiger partial charge >= 0.3 is 0 Å². The zero-order valence-electron chi connectivity index (χ0n) is 16.6. The molecule has 4 rings (SSSR count). The lowest BCUT2D eigenvalue weighted by Crippen LogP contribution is -2.08. The van der Waals surface area contributed by atoms with Crippen molar-refractivity contribution in [1.29, 1.82) is 0 Å². The summed E-state index contributed by atoms with van der Waals surface area (Å²) in [5, 5.41) is 0. The Morgan fingerprint density at radius 2 is 1.83 bits per heavy atom. The molecule has 1 atom stereocenters. The molecule has 5 heteroatoms. The summed E-state index contributed by atoms with van der Waals surface area (Å²) in [6, 6.07) is 17.1. The van der Waals surface area contributed by atoms with Gasteiger partial charge in [-0.15, -0.1) is 0 Å². The second-order valence-corrected chi connectivity index (χ2v) is 7.14. The average Bonchev–Trinajstić information content (AvgIpc) is 2.92. The van der Waals surface area contributed by atoms with Crippen molar-refractivity contribution in [2.24, 2.45) is 0 Å². The summed E-state index contributed by atoms with van der Waals surface area (Å²) in [5.41, 5.74) is 10.4. The molecule has 1 aliphatic heterocycles. The minimum Gasteiger partial charge on any atom is -0.493 e. The highest BCUT2D eigenvalue weighted by Crippen LogP contribution is 2.44. The Bertz CT molecular complexity index is 1030. The Hall–Kier alpha value is -3.21. The molecular formula is C24H24FNO3. The van der Waals surface area contributed by atoms with E-state index in [1.807, 2.05) is 30.3 Å². The largest absolute Gasteiger partial charge is 0.493 e. The molecule has 1 unspecified atom stereocenters. The number of methoxy groups -OCH3 is 2. The minimum absolute atomic E-state index is 0.0625. The number of aryl methyl sites for hydroxylation is 1. The van der Waals surface area contributed by atoms with Crippen LogP contribution in [0, 0.1) is 5.82 Å². The zero-order chi connectivity index (χ0) is 20.4. The van der Waals surface area contributed by atoms with Crippen LogP contribution in [0.1, 0.15) is 34.6 Å². The molecule has 0 bridgehead atoms. The van der Waals surface area contributed by atoms with Crippen LogP contribution in [0.15, 0.2) is 54.6 Å². The van der Waals surface area contributed by atoms with Gasteiger partial charge in [-0.1, -0.05) is 30.3 Å². The highest BCUT2D eigenvalue weighted by molar-refractivity contribution is 5.61. The second-order valence-electron chi connectivity index (χ2n) is 7.14. The van der Waals surface area contributed by atoms with E-state index in [1.54, 1.807) is 20.3 Å². The second kappa shape index (κ2) is 8.03. The number of nitrogen functional groups attached to an aromatic ring is 1. The zero-order valence-corrected chi connectivity index (χ0v) is 16.6. The molecule has 150 valence electrons. The van der Waals surface area contributed by atoms with Gasteiger partial charge < -0.3 is 19.9 Å². The van der Waals surface area contributed by atoms with Crippen molar-refractivity contribution in [2.45, 2.75) is 25.4 Å². The molecule has 0 saturated heterocycles. The first-order valence-corrected chi connectivity index (χ1v) is 9.61. The third kappa shape index (κ3) is 3.60. The van der Waals surface area contributed by atoms with E-state index >= 15 is 0 Å². The van der Waals surface area contributed by atoms with E-state index in [-0.39, 0.29) is 11.6 Å². The van der Waals surface area contributed by atoms with Crippen LogP contribution in [-0.4, -0.2) is 14.2 Å². The molecule has 0 fully saturated rings. The maximum absolute atomic E-state index is 14.3. The lowest BCUT2D eigenvalue weighted by Gasteiger charge is -2.21. The van der Waals surface area contributed by atoms with Gasteiger partial charge in [-0.25, -0.2) is 4.39 Å². The monoisotopic (exact) mass is 393 g/mol. The summed E-state index contributed by atoms with van der Waals surface area (Å²) in [5.74, 6) is 1.56. The van der Waals surface area contributed by atoms with Crippen molar-refractivity contribution in [3.63, 3.8) is 0 Å². The van der Waals surface area contributed by atoms with Gasteiger partial charge in [-0.05, 0) is 53.8 Å². The number of rotatable bonds is 5. The fraction of sp³-hybridized carbons (Fsp3) is 0.250. The molecule has 2 N–H and O–H groups in total. The Kier molecular flexibility index (Phi) is 5.30. The summed E-state index contributed by atoms with van der Waals surface area (Å²) < 4.78 is 31.0. The highest BCUT2D eigenvalue weighted by atomic mass is 19.1. The molecule has 0 spiro atoms. The van der Waals surface area contributed by atoms with Crippen LogP contribution in [0.5, 0.6) is 17.2 Å². The summed E-state index contributed by atoms with van der Waals surface area (Å²) in [7, 11) is 3.24. The Morgan fingerprint density at radius 1 is 1.03 bits per heavy atom. The van der Waals surface area contributed by atoms with E-state index in [1.165, 1.54) is 6.07 Å². The van der Waals surface area contributed by atoms with E-state index in [4.69, 9.17) is 19.9 Å². The number of hydrogen-bond donors (Lipinski definition) is 1. The summed E-state index contributed by atoms with van der Waals surface area (Å²) in [4.78, 5) is 0. The van der Waals surface area contributed by atoms with E-state index in [2.05, 4.69) is 12.1 Å². The molecule has 0 aliphatic carbocycles. The summed E-state index contributed by atoms with van der Waals surface area (Å²) >= 11 is 0. The summed E-state index contributed by atoms with van der Waals surface area (Å²) in [6.45, 7) is 0.446. The highest BCUT2D eigenvalue weighted by Gasteiger charge is 2.28. The van der Waals surface area contributed by atoms with Gasteiger partial charge in [-0.3, -0.25) is 0 Å². The number of fused-ring (bicyclic) bond motifs is 2. The lowest BCUT2D eigenvalue weighted by atomic mass is 9.83. The smallest absolute Gasteiger partial charge is 0.160 e. The van der Waals surface area contributed by atoms with Crippen molar-refractivity contribution >= 4 is 5.69 Å². The molecule has 3 aromatic carbocycles. The molecule has 0 radical (unpaired) electrons. The third-order valence-corrected chi connectivity index (χ3v) is 5.53. The van der Waals surface area contributed by atoms with Gasteiger partial charge in [0, 0.05) is 11.5 Å². The molecule has 3 aromatic rings. The number of anilines is 1. The molecular weight excluding hydrogens is 369 g/mol. The van der Waals surface area contributed by atoms with Gasteiger partial charge in [0.2, 0.25) is 0 Å². The molecule has 0 aromatic heterocycles. The molecule has 29 heavy (non-hydrogen) atoms. The SMILES string of the molecule is COc1ccc(CCC2c3ccccc3COc3ccc(F)c(N)c32)cc1OC. The first-order chi connectivity index (χ1) is 14.1. The molecule has 1 heterocycles. The molecule has 0 amide bonds. The van der Waals surface area contributed by atoms with Gasteiger partial charge in [0.05, 0.1) is 19.9 Å². The maximum atomic E-state index is 14.3. The Balaban J connectivity index is 1.72. The van der Waals surface area contributed by atoms with Gasteiger partial charge in [0.1, 0.15) is 18.2 Å². The third-order valence-electron chi connectivity index (χ3n) is 5.53. The predicted octanol–water partition coefficient (Wildman–Crippen LogP) is 5.08. The van der Waals surface area contributed by atoms with Crippen LogP contribution >= 0.6 is 0 Å². The van der Waals surface area contributed by atoms with Crippen LogP contribution < -0.4 is 19.9 Å². The van der Waals surface area contributed by atoms with Gasteiger partial charge in [-0.2, -0.15) is 0 Å². The van der Waals surface area contributed by atoms with Crippen molar-refractivity contribution in [1.82, 2.24) is 0 Å². The van der Waals surface area contributed by atoms with Crippen LogP contribution in [-0.2, 0) is 13.0 Å². The first kappa shape index (κ1) is 19.1. The van der Waals surface area contributed by atoms with E-state index < -0.39 is 5.82 Å². The van der Waals surface area contributed by atoms with Gasteiger partial charge in [0.25, 0.3) is 0 Å². The number of benzene rings is 3. The minimum atomic E-state index is -0.414. The quantitative estimate of drug-likeness (QED) is 0.614. The molecule has 4 nitrogen and oxygen atoms in total. The Labute approximate surface area is 170 Å². The van der Waals surface area contributed by atoms with E-state index in [0.29, 0.717) is 23.9 Å². The van der Waals surface area contributed by atoms with Crippen LogP contribution in [0.25, 0.3) is 0 Å². The Morgan fingerprint density at radius 3 is 2.62 bits per heavy atom. The van der Waals surface area contributed by atoms with Crippen LogP contribution in [0.2, 0.25) is 0 Å². The van der Waals surface area contributed by atoms with Crippen LogP contribution in [0.3, 0.4) is 0 Å². The molecule has 1 aliphatic rings. The standard InChI is InChI=1S/C24H24FNO3/c1-27-20-11-8-15(13-22(20)28-2)7-9-18-17-6-4-3-5-16(17)14-29-21-12-10-19(25)24(26)23(18)21/h3-6,8,10-13,18H,7,9,14,26H2,1-2H3.